The summed E-state index contributed by atoms with van der Waals surface area (Å²) < 4.78 is 12.1. The molecule has 10 heteroatoms. The van der Waals surface area contributed by atoms with E-state index >= 15 is 0 Å². The minimum Gasteiger partial charge on any atom is -0.450 e. The predicted molar refractivity (Wildman–Crippen MR) is 119 cm³/mol. The second kappa shape index (κ2) is 9.32. The van der Waals surface area contributed by atoms with Crippen LogP contribution in [0.3, 0.4) is 0 Å². The molecule has 0 radical (unpaired) electrons. The van der Waals surface area contributed by atoms with Crippen LogP contribution in [0.2, 0.25) is 5.02 Å². The van der Waals surface area contributed by atoms with Crippen LogP contribution in [-0.2, 0) is 16.0 Å². The van der Waals surface area contributed by atoms with Gasteiger partial charge in [-0.15, -0.1) is 0 Å². The molecule has 0 saturated carbocycles. The van der Waals surface area contributed by atoms with E-state index in [2.05, 4.69) is 15.3 Å². The number of piperazine rings is 1. The molecule has 1 atom stereocenters. The number of aromatic nitrogens is 2. The van der Waals surface area contributed by atoms with E-state index in [0.29, 0.717) is 42.4 Å². The van der Waals surface area contributed by atoms with Crippen molar-refractivity contribution in [2.24, 2.45) is 0 Å². The Hall–Kier alpha value is -2.52. The molecule has 0 aliphatic carbocycles. The van der Waals surface area contributed by atoms with Crippen molar-refractivity contribution in [3.63, 3.8) is 0 Å². The van der Waals surface area contributed by atoms with Gasteiger partial charge < -0.3 is 14.4 Å². The van der Waals surface area contributed by atoms with Gasteiger partial charge in [-0.2, -0.15) is 5.10 Å². The monoisotopic (exact) mass is 451 g/mol. The van der Waals surface area contributed by atoms with Crippen molar-refractivity contribution in [2.75, 3.05) is 31.6 Å². The number of anilines is 1. The lowest BCUT2D eigenvalue weighted by atomic mass is 10.1. The molecule has 2 amide bonds. The van der Waals surface area contributed by atoms with Crippen LogP contribution < -0.4 is 5.32 Å². The lowest BCUT2D eigenvalue weighted by Gasteiger charge is -2.40. The lowest BCUT2D eigenvalue weighted by molar-refractivity contribution is 0.000557. The van der Waals surface area contributed by atoms with Gasteiger partial charge in [0.1, 0.15) is 11.1 Å². The summed E-state index contributed by atoms with van der Waals surface area (Å²) in [7, 11) is 0. The number of pyridine rings is 1. The van der Waals surface area contributed by atoms with Gasteiger partial charge >= 0.3 is 12.2 Å². The van der Waals surface area contributed by atoms with Crippen molar-refractivity contribution in [2.45, 2.75) is 52.8 Å². The molecule has 1 saturated heterocycles. The molecular weight excluding hydrogens is 422 g/mol. The topological polar surface area (TPSA) is 88.4 Å². The summed E-state index contributed by atoms with van der Waals surface area (Å²) in [6, 6.07) is 1.93. The molecule has 0 spiro atoms. The van der Waals surface area contributed by atoms with Crippen LogP contribution in [-0.4, -0.2) is 69.5 Å². The molecular formula is C21H30ClN5O4. The Bertz CT molecular complexity index is 955. The van der Waals surface area contributed by atoms with E-state index in [0.717, 1.165) is 5.56 Å². The summed E-state index contributed by atoms with van der Waals surface area (Å²) in [6.45, 7) is 12.2. The third kappa shape index (κ3) is 5.59. The number of carbonyl (C=O) groups excluding carboxylic acids is 2. The largest absolute Gasteiger partial charge is 0.450 e. The molecule has 3 rings (SSSR count). The first-order valence-corrected chi connectivity index (χ1v) is 10.8. The standard InChI is InChI=1S/C21H30ClN5O4/c1-6-30-19(28)24-16-11-23-27-8-7-15(17(22)18(16)27)13-25-9-10-26(14(2)12-25)20(29)31-21(3,4)5/h7-8,11,14H,6,9-10,12-13H2,1-5H3,(H,24,28)/t14-/m0/s1. The summed E-state index contributed by atoms with van der Waals surface area (Å²) in [5.74, 6) is 0. The van der Waals surface area contributed by atoms with E-state index in [9.17, 15) is 9.59 Å². The van der Waals surface area contributed by atoms with Crippen LogP contribution in [0.4, 0.5) is 15.3 Å². The van der Waals surface area contributed by atoms with Crippen LogP contribution in [0.15, 0.2) is 18.5 Å². The van der Waals surface area contributed by atoms with Crippen LogP contribution in [0, 0.1) is 0 Å². The quantitative estimate of drug-likeness (QED) is 0.755. The van der Waals surface area contributed by atoms with Gasteiger partial charge in [0.25, 0.3) is 0 Å². The van der Waals surface area contributed by atoms with Gasteiger partial charge in [0, 0.05) is 38.4 Å². The summed E-state index contributed by atoms with van der Waals surface area (Å²) in [5.41, 5.74) is 1.51. The van der Waals surface area contributed by atoms with Gasteiger partial charge in [0.05, 0.1) is 23.5 Å². The van der Waals surface area contributed by atoms with E-state index in [1.165, 1.54) is 0 Å². The number of rotatable bonds is 4. The average molecular weight is 452 g/mol. The number of fused-ring (bicyclic) bond motifs is 1. The summed E-state index contributed by atoms with van der Waals surface area (Å²) in [5, 5.41) is 7.44. The Labute approximate surface area is 187 Å². The molecule has 0 unspecified atom stereocenters. The zero-order valence-corrected chi connectivity index (χ0v) is 19.4. The molecule has 2 aromatic rings. The van der Waals surface area contributed by atoms with E-state index in [-0.39, 0.29) is 18.7 Å². The number of carbonyl (C=O) groups is 2. The highest BCUT2D eigenvalue weighted by molar-refractivity contribution is 6.35. The maximum absolute atomic E-state index is 12.4. The fourth-order valence-electron chi connectivity index (χ4n) is 3.58. The van der Waals surface area contributed by atoms with Gasteiger partial charge in [-0.3, -0.25) is 10.2 Å². The van der Waals surface area contributed by atoms with E-state index in [4.69, 9.17) is 21.1 Å². The van der Waals surface area contributed by atoms with E-state index < -0.39 is 11.7 Å². The van der Waals surface area contributed by atoms with Gasteiger partial charge in [0.2, 0.25) is 0 Å². The van der Waals surface area contributed by atoms with Crippen LogP contribution in [0.1, 0.15) is 40.2 Å². The molecule has 1 aliphatic heterocycles. The summed E-state index contributed by atoms with van der Waals surface area (Å²) in [6.07, 6.45) is 2.52. The van der Waals surface area contributed by atoms with Gasteiger partial charge in [-0.05, 0) is 46.2 Å². The van der Waals surface area contributed by atoms with Crippen molar-refractivity contribution in [3.05, 3.63) is 29.0 Å². The van der Waals surface area contributed by atoms with Crippen molar-refractivity contribution >= 4 is 35.0 Å². The molecule has 31 heavy (non-hydrogen) atoms. The van der Waals surface area contributed by atoms with Gasteiger partial charge in [-0.1, -0.05) is 11.6 Å². The minimum atomic E-state index is -0.550. The molecule has 3 heterocycles. The molecule has 170 valence electrons. The fraction of sp³-hybridized carbons (Fsp3) is 0.571. The zero-order valence-electron chi connectivity index (χ0n) is 18.6. The highest BCUT2D eigenvalue weighted by Gasteiger charge is 2.31. The lowest BCUT2D eigenvalue weighted by Crippen LogP contribution is -2.54. The molecule has 9 nitrogen and oxygen atoms in total. The third-order valence-electron chi connectivity index (χ3n) is 4.95. The molecule has 2 aromatic heterocycles. The van der Waals surface area contributed by atoms with Crippen molar-refractivity contribution in [1.82, 2.24) is 19.4 Å². The minimum absolute atomic E-state index is 0.0158. The Kier molecular flexibility index (Phi) is 6.96. The average Bonchev–Trinajstić information content (AvgIpc) is 3.06. The Morgan fingerprint density at radius 1 is 1.32 bits per heavy atom. The molecule has 0 aromatic carbocycles. The summed E-state index contributed by atoms with van der Waals surface area (Å²) >= 11 is 6.69. The number of amides is 2. The first kappa shape index (κ1) is 23.1. The van der Waals surface area contributed by atoms with E-state index in [1.54, 1.807) is 22.5 Å². The molecule has 1 fully saturated rings. The Balaban J connectivity index is 1.70. The molecule has 1 aliphatic rings. The number of halogens is 1. The Morgan fingerprint density at radius 3 is 2.71 bits per heavy atom. The highest BCUT2D eigenvalue weighted by Crippen LogP contribution is 2.30. The Morgan fingerprint density at radius 2 is 2.06 bits per heavy atom. The third-order valence-corrected chi connectivity index (χ3v) is 5.37. The highest BCUT2D eigenvalue weighted by atomic mass is 35.5. The number of hydrogen-bond donors (Lipinski definition) is 1. The van der Waals surface area contributed by atoms with Gasteiger partial charge in [0.15, 0.2) is 0 Å². The summed E-state index contributed by atoms with van der Waals surface area (Å²) in [4.78, 5) is 28.3. The second-order valence-electron chi connectivity index (χ2n) is 8.61. The first-order chi connectivity index (χ1) is 14.6. The SMILES string of the molecule is CCOC(=O)Nc1cnn2ccc(CN3CCN(C(=O)OC(C)(C)C)[C@@H](C)C3)c(Cl)c12. The van der Waals surface area contributed by atoms with E-state index in [1.807, 2.05) is 40.0 Å². The maximum Gasteiger partial charge on any atom is 0.411 e. The maximum atomic E-state index is 12.4. The smallest absolute Gasteiger partial charge is 0.411 e. The number of ether oxygens (including phenoxy) is 2. The van der Waals surface area contributed by atoms with Gasteiger partial charge in [-0.25, -0.2) is 14.1 Å². The normalized spacial score (nSPS) is 17.6. The predicted octanol–water partition coefficient (Wildman–Crippen LogP) is 4.00. The fourth-order valence-corrected chi connectivity index (χ4v) is 3.89. The van der Waals surface area contributed by atoms with Crippen LogP contribution >= 0.6 is 11.6 Å². The number of hydrogen-bond acceptors (Lipinski definition) is 6. The molecule has 0 bridgehead atoms. The number of nitrogens with one attached hydrogen (secondary N) is 1. The first-order valence-electron chi connectivity index (χ1n) is 10.4. The number of nitrogens with zero attached hydrogens (tertiary/aromatic N) is 4. The van der Waals surface area contributed by atoms with Crippen LogP contribution in [0.25, 0.3) is 5.52 Å². The van der Waals surface area contributed by atoms with Crippen molar-refractivity contribution < 1.29 is 19.1 Å². The van der Waals surface area contributed by atoms with Crippen molar-refractivity contribution in [3.8, 4) is 0 Å². The zero-order chi connectivity index (χ0) is 22.8. The van der Waals surface area contributed by atoms with Crippen LogP contribution in [0.5, 0.6) is 0 Å². The second-order valence-corrected chi connectivity index (χ2v) is 8.99. The van der Waals surface area contributed by atoms with Crippen molar-refractivity contribution in [1.29, 1.82) is 0 Å². The molecule has 1 N–H and O–H groups in total.